The summed E-state index contributed by atoms with van der Waals surface area (Å²) in [5.41, 5.74) is 1.49. The molecule has 1 N–H and O–H groups in total. The third-order valence-corrected chi connectivity index (χ3v) is 5.36. The van der Waals surface area contributed by atoms with E-state index in [1.165, 1.54) is 0 Å². The normalized spacial score (nSPS) is 18.0. The number of H-pyrrole nitrogens is 1. The van der Waals surface area contributed by atoms with Gasteiger partial charge in [-0.3, -0.25) is 9.89 Å². The van der Waals surface area contributed by atoms with Crippen LogP contribution in [0.4, 0.5) is 0 Å². The van der Waals surface area contributed by atoms with Gasteiger partial charge < -0.3 is 9.47 Å². The molecule has 3 aromatic heterocycles. The predicted molar refractivity (Wildman–Crippen MR) is 92.8 cm³/mol. The highest BCUT2D eigenvalue weighted by Gasteiger charge is 2.27. The first-order chi connectivity index (χ1) is 11.8. The van der Waals surface area contributed by atoms with E-state index in [-0.39, 0.29) is 5.91 Å². The molecule has 1 amide bonds. The average Bonchev–Trinajstić information content (AvgIpc) is 3.35. The summed E-state index contributed by atoms with van der Waals surface area (Å²) >= 11 is 1.61. The van der Waals surface area contributed by atoms with Crippen LogP contribution in [-0.2, 0) is 6.54 Å². The summed E-state index contributed by atoms with van der Waals surface area (Å²) in [5, 5.41) is 9.08. The molecule has 0 radical (unpaired) electrons. The number of thiophene rings is 1. The predicted octanol–water partition coefficient (Wildman–Crippen LogP) is 2.89. The molecule has 1 unspecified atom stereocenters. The number of aromatic nitrogens is 4. The number of carbonyl (C=O) groups excluding carboxylic acids is 1. The molecule has 3 aromatic rings. The molecular weight excluding hydrogens is 322 g/mol. The lowest BCUT2D eigenvalue weighted by molar-refractivity contribution is 0.0663. The van der Waals surface area contributed by atoms with Gasteiger partial charge in [-0.25, -0.2) is 4.98 Å². The van der Waals surface area contributed by atoms with E-state index >= 15 is 0 Å². The Bertz CT molecular complexity index is 793. The Morgan fingerprint density at radius 2 is 2.42 bits per heavy atom. The third-order valence-electron chi connectivity index (χ3n) is 4.47. The SMILES string of the molecule is O=C(c1cn[nH]c1-c1cccs1)N1CCCC(Cn2ccnc2)C1. The quantitative estimate of drug-likeness (QED) is 0.793. The Hall–Kier alpha value is -2.41. The number of aromatic amines is 1. The maximum atomic E-state index is 13.0. The van der Waals surface area contributed by atoms with Crippen molar-refractivity contribution in [1.29, 1.82) is 0 Å². The molecule has 4 heterocycles. The maximum absolute atomic E-state index is 13.0. The molecule has 7 heteroatoms. The standard InChI is InChI=1S/C17H19N5OS/c23-17(14-9-19-20-16(14)15-4-2-8-24-15)22-6-1-3-13(11-22)10-21-7-5-18-12-21/h2,4-5,7-9,12-13H,1,3,6,10-11H2,(H,19,20). The van der Waals surface area contributed by atoms with Crippen molar-refractivity contribution in [2.75, 3.05) is 13.1 Å². The Labute approximate surface area is 144 Å². The van der Waals surface area contributed by atoms with Gasteiger partial charge in [0.05, 0.1) is 28.7 Å². The van der Waals surface area contributed by atoms with E-state index in [9.17, 15) is 4.79 Å². The number of nitrogens with one attached hydrogen (secondary N) is 1. The van der Waals surface area contributed by atoms with Crippen LogP contribution in [0.25, 0.3) is 10.6 Å². The van der Waals surface area contributed by atoms with Crippen LogP contribution in [0.5, 0.6) is 0 Å². The van der Waals surface area contributed by atoms with Gasteiger partial charge in [0, 0.05) is 32.0 Å². The van der Waals surface area contributed by atoms with E-state index in [0.717, 1.165) is 43.0 Å². The number of piperidine rings is 1. The van der Waals surface area contributed by atoms with Crippen molar-refractivity contribution >= 4 is 17.2 Å². The molecule has 1 fully saturated rings. The smallest absolute Gasteiger partial charge is 0.257 e. The fraction of sp³-hybridized carbons (Fsp3) is 0.353. The number of carbonyl (C=O) groups is 1. The number of likely N-dealkylation sites (tertiary alicyclic amines) is 1. The van der Waals surface area contributed by atoms with Gasteiger partial charge in [0.1, 0.15) is 0 Å². The molecule has 1 aliphatic heterocycles. The van der Waals surface area contributed by atoms with Crippen LogP contribution in [-0.4, -0.2) is 43.6 Å². The number of amides is 1. The molecule has 0 aromatic carbocycles. The zero-order valence-corrected chi connectivity index (χ0v) is 14.1. The molecule has 24 heavy (non-hydrogen) atoms. The molecule has 0 bridgehead atoms. The number of imidazole rings is 1. The van der Waals surface area contributed by atoms with Gasteiger partial charge in [0.25, 0.3) is 5.91 Å². The van der Waals surface area contributed by atoms with Crippen LogP contribution in [0.3, 0.4) is 0 Å². The molecule has 0 spiro atoms. The molecule has 0 aliphatic carbocycles. The van der Waals surface area contributed by atoms with Gasteiger partial charge in [-0.05, 0) is 30.2 Å². The van der Waals surface area contributed by atoms with E-state index in [0.29, 0.717) is 11.5 Å². The van der Waals surface area contributed by atoms with Crippen molar-refractivity contribution in [2.24, 2.45) is 5.92 Å². The van der Waals surface area contributed by atoms with Crippen molar-refractivity contribution in [1.82, 2.24) is 24.6 Å². The molecular formula is C17H19N5OS. The second-order valence-electron chi connectivity index (χ2n) is 6.15. The Balaban J connectivity index is 1.49. The van der Waals surface area contributed by atoms with Crippen LogP contribution in [0, 0.1) is 5.92 Å². The maximum Gasteiger partial charge on any atom is 0.257 e. The van der Waals surface area contributed by atoms with E-state index in [4.69, 9.17) is 0 Å². The van der Waals surface area contributed by atoms with Gasteiger partial charge in [0.15, 0.2) is 0 Å². The van der Waals surface area contributed by atoms with Gasteiger partial charge >= 0.3 is 0 Å². The lowest BCUT2D eigenvalue weighted by Crippen LogP contribution is -2.41. The molecule has 124 valence electrons. The summed E-state index contributed by atoms with van der Waals surface area (Å²) in [6.45, 7) is 2.51. The summed E-state index contributed by atoms with van der Waals surface area (Å²) < 4.78 is 2.09. The van der Waals surface area contributed by atoms with Crippen molar-refractivity contribution in [3.8, 4) is 10.6 Å². The zero-order valence-electron chi connectivity index (χ0n) is 13.3. The second-order valence-corrected chi connectivity index (χ2v) is 7.10. The summed E-state index contributed by atoms with van der Waals surface area (Å²) in [6, 6.07) is 3.99. The highest BCUT2D eigenvalue weighted by atomic mass is 32.1. The minimum Gasteiger partial charge on any atom is -0.338 e. The molecule has 6 nitrogen and oxygen atoms in total. The first-order valence-electron chi connectivity index (χ1n) is 8.13. The monoisotopic (exact) mass is 341 g/mol. The van der Waals surface area contributed by atoms with Crippen LogP contribution in [0.1, 0.15) is 23.2 Å². The molecule has 0 saturated carbocycles. The highest BCUT2D eigenvalue weighted by Crippen LogP contribution is 2.28. The van der Waals surface area contributed by atoms with Crippen LogP contribution in [0.2, 0.25) is 0 Å². The van der Waals surface area contributed by atoms with Crippen molar-refractivity contribution in [2.45, 2.75) is 19.4 Å². The van der Waals surface area contributed by atoms with Crippen molar-refractivity contribution < 1.29 is 4.79 Å². The zero-order chi connectivity index (χ0) is 16.4. The van der Waals surface area contributed by atoms with Gasteiger partial charge in [-0.1, -0.05) is 6.07 Å². The lowest BCUT2D eigenvalue weighted by Gasteiger charge is -2.33. The van der Waals surface area contributed by atoms with Crippen molar-refractivity contribution in [3.05, 3.63) is 48.0 Å². The first kappa shape index (κ1) is 15.1. The Kier molecular flexibility index (Phi) is 4.17. The average molecular weight is 341 g/mol. The molecule has 1 aliphatic rings. The van der Waals surface area contributed by atoms with E-state index < -0.39 is 0 Å². The number of nitrogens with zero attached hydrogens (tertiary/aromatic N) is 4. The molecule has 1 atom stereocenters. The Morgan fingerprint density at radius 3 is 3.21 bits per heavy atom. The summed E-state index contributed by atoms with van der Waals surface area (Å²) in [4.78, 5) is 20.1. The topological polar surface area (TPSA) is 66.8 Å². The third kappa shape index (κ3) is 2.99. The van der Waals surface area contributed by atoms with Crippen LogP contribution >= 0.6 is 11.3 Å². The van der Waals surface area contributed by atoms with E-state index in [1.54, 1.807) is 23.7 Å². The first-order valence-corrected chi connectivity index (χ1v) is 9.01. The number of hydrogen-bond donors (Lipinski definition) is 1. The van der Waals surface area contributed by atoms with Gasteiger partial charge in [-0.2, -0.15) is 5.10 Å². The largest absolute Gasteiger partial charge is 0.338 e. The summed E-state index contributed by atoms with van der Waals surface area (Å²) in [5.74, 6) is 0.538. The highest BCUT2D eigenvalue weighted by molar-refractivity contribution is 7.13. The minimum absolute atomic E-state index is 0.0717. The summed E-state index contributed by atoms with van der Waals surface area (Å²) in [7, 11) is 0. The molecule has 1 saturated heterocycles. The summed E-state index contributed by atoms with van der Waals surface area (Å²) in [6.07, 6.45) is 9.45. The minimum atomic E-state index is 0.0717. The van der Waals surface area contributed by atoms with Gasteiger partial charge in [0.2, 0.25) is 0 Å². The lowest BCUT2D eigenvalue weighted by atomic mass is 9.97. The Morgan fingerprint density at radius 1 is 1.46 bits per heavy atom. The van der Waals surface area contributed by atoms with Crippen molar-refractivity contribution in [3.63, 3.8) is 0 Å². The van der Waals surface area contributed by atoms with Crippen LogP contribution in [0.15, 0.2) is 42.4 Å². The van der Waals surface area contributed by atoms with Gasteiger partial charge in [-0.15, -0.1) is 11.3 Å². The molecule has 4 rings (SSSR count). The fourth-order valence-corrected chi connectivity index (χ4v) is 4.05. The second kappa shape index (κ2) is 6.60. The fourth-order valence-electron chi connectivity index (χ4n) is 3.32. The van der Waals surface area contributed by atoms with E-state index in [1.807, 2.05) is 34.9 Å². The number of hydrogen-bond acceptors (Lipinski definition) is 4. The van der Waals surface area contributed by atoms with Crippen LogP contribution < -0.4 is 0 Å². The number of rotatable bonds is 4. The van der Waals surface area contributed by atoms with E-state index in [2.05, 4.69) is 19.7 Å².